The highest BCUT2D eigenvalue weighted by Crippen LogP contribution is 2.29. The fourth-order valence-electron chi connectivity index (χ4n) is 2.64. The van der Waals surface area contributed by atoms with E-state index in [4.69, 9.17) is 0 Å². The smallest absolute Gasteiger partial charge is 0.253 e. The molecule has 1 saturated heterocycles. The molecule has 0 aromatic carbocycles. The van der Waals surface area contributed by atoms with Gasteiger partial charge in [-0.05, 0) is 44.1 Å². The molecule has 1 aliphatic rings. The van der Waals surface area contributed by atoms with Crippen molar-refractivity contribution in [3.63, 3.8) is 0 Å². The second-order valence-electron chi connectivity index (χ2n) is 5.06. The maximum absolute atomic E-state index is 12.8. The van der Waals surface area contributed by atoms with Gasteiger partial charge >= 0.3 is 0 Å². The van der Waals surface area contributed by atoms with E-state index in [1.807, 2.05) is 0 Å². The van der Waals surface area contributed by atoms with Crippen molar-refractivity contribution in [1.29, 1.82) is 0 Å². The topological polar surface area (TPSA) is 92.1 Å². The van der Waals surface area contributed by atoms with E-state index in [1.165, 1.54) is 12.3 Å². The number of aromatic hydroxyl groups is 1. The number of amides is 1. The van der Waals surface area contributed by atoms with Crippen LogP contribution in [0.4, 0.5) is 5.82 Å². The lowest BCUT2D eigenvalue weighted by Gasteiger charge is -2.36. The van der Waals surface area contributed by atoms with Gasteiger partial charge in [-0.3, -0.25) is 9.48 Å². The molecule has 2 aromatic rings. The Labute approximate surface area is 122 Å². The molecule has 3 N–H and O–H groups in total. The van der Waals surface area contributed by atoms with Crippen LogP contribution in [0.3, 0.4) is 0 Å². The highest BCUT2D eigenvalue weighted by atomic mass is 16.3. The Kier molecular flexibility index (Phi) is 3.57. The number of anilines is 1. The van der Waals surface area contributed by atoms with E-state index in [-0.39, 0.29) is 17.5 Å². The summed E-state index contributed by atoms with van der Waals surface area (Å²) in [7, 11) is 0. The number of hydrogen-bond acceptors (Lipinski definition) is 5. The first kappa shape index (κ1) is 13.6. The van der Waals surface area contributed by atoms with Crippen LogP contribution in [0.15, 0.2) is 36.8 Å². The maximum atomic E-state index is 12.8. The van der Waals surface area contributed by atoms with Crippen molar-refractivity contribution in [2.45, 2.75) is 18.4 Å². The minimum absolute atomic E-state index is 0.0459. The fourth-order valence-corrected chi connectivity index (χ4v) is 2.64. The Morgan fingerprint density at radius 1 is 1.33 bits per heavy atom. The van der Waals surface area contributed by atoms with Crippen LogP contribution in [0.25, 0.3) is 0 Å². The van der Waals surface area contributed by atoms with Crippen LogP contribution in [0.2, 0.25) is 0 Å². The largest absolute Gasteiger partial charge is 0.504 e. The average molecular weight is 287 g/mol. The number of nitrogens with one attached hydrogen (secondary N) is 2. The van der Waals surface area contributed by atoms with E-state index < -0.39 is 5.54 Å². The highest BCUT2D eigenvalue weighted by Gasteiger charge is 2.42. The predicted octanol–water partition coefficient (Wildman–Crippen LogP) is 0.701. The van der Waals surface area contributed by atoms with Gasteiger partial charge < -0.3 is 15.7 Å². The highest BCUT2D eigenvalue weighted by molar-refractivity contribution is 5.97. The van der Waals surface area contributed by atoms with Crippen molar-refractivity contribution < 1.29 is 9.90 Å². The van der Waals surface area contributed by atoms with Crippen molar-refractivity contribution in [2.24, 2.45) is 0 Å². The molecule has 3 heterocycles. The van der Waals surface area contributed by atoms with Gasteiger partial charge in [0.2, 0.25) is 0 Å². The van der Waals surface area contributed by atoms with E-state index in [0.717, 1.165) is 13.1 Å². The monoisotopic (exact) mass is 287 g/mol. The molecule has 110 valence electrons. The summed E-state index contributed by atoms with van der Waals surface area (Å²) in [6.45, 7) is 1.48. The van der Waals surface area contributed by atoms with Crippen molar-refractivity contribution in [3.05, 3.63) is 36.8 Å². The third-order valence-corrected chi connectivity index (χ3v) is 3.81. The van der Waals surface area contributed by atoms with E-state index >= 15 is 0 Å². The summed E-state index contributed by atoms with van der Waals surface area (Å²) in [5.41, 5.74) is -0.751. The van der Waals surface area contributed by atoms with Gasteiger partial charge in [0, 0.05) is 18.6 Å². The Bertz CT molecular complexity index is 620. The van der Waals surface area contributed by atoms with Gasteiger partial charge in [-0.1, -0.05) is 0 Å². The molecule has 21 heavy (non-hydrogen) atoms. The lowest BCUT2D eigenvalue weighted by atomic mass is 9.87. The van der Waals surface area contributed by atoms with Crippen molar-refractivity contribution in [1.82, 2.24) is 20.1 Å². The molecule has 0 bridgehead atoms. The minimum Gasteiger partial charge on any atom is -0.504 e. The summed E-state index contributed by atoms with van der Waals surface area (Å²) in [6.07, 6.45) is 6.25. The van der Waals surface area contributed by atoms with E-state index in [9.17, 15) is 9.90 Å². The Morgan fingerprint density at radius 2 is 2.14 bits per heavy atom. The number of pyridine rings is 1. The summed E-state index contributed by atoms with van der Waals surface area (Å²) >= 11 is 0. The van der Waals surface area contributed by atoms with Gasteiger partial charge in [-0.2, -0.15) is 5.10 Å². The molecular weight excluding hydrogens is 270 g/mol. The number of carbonyl (C=O) groups is 1. The summed E-state index contributed by atoms with van der Waals surface area (Å²) in [6, 6.07) is 4.90. The molecular formula is C14H17N5O2. The maximum Gasteiger partial charge on any atom is 0.253 e. The third-order valence-electron chi connectivity index (χ3n) is 3.81. The quantitative estimate of drug-likeness (QED) is 0.773. The molecule has 0 unspecified atom stereocenters. The number of nitrogens with zero attached hydrogens (tertiary/aromatic N) is 3. The van der Waals surface area contributed by atoms with Gasteiger partial charge in [-0.15, -0.1) is 0 Å². The van der Waals surface area contributed by atoms with Crippen molar-refractivity contribution >= 4 is 11.7 Å². The molecule has 0 aliphatic carbocycles. The van der Waals surface area contributed by atoms with Crippen LogP contribution in [-0.4, -0.2) is 38.9 Å². The molecule has 3 rings (SSSR count). The molecule has 0 saturated carbocycles. The molecule has 0 spiro atoms. The fraction of sp³-hybridized carbons (Fsp3) is 0.357. The van der Waals surface area contributed by atoms with Crippen LogP contribution < -0.4 is 10.6 Å². The number of rotatable bonds is 3. The second-order valence-corrected chi connectivity index (χ2v) is 5.06. The van der Waals surface area contributed by atoms with Gasteiger partial charge in [0.05, 0.1) is 0 Å². The van der Waals surface area contributed by atoms with Crippen molar-refractivity contribution in [3.8, 4) is 5.75 Å². The number of piperidine rings is 1. The van der Waals surface area contributed by atoms with Crippen LogP contribution in [0, 0.1) is 0 Å². The van der Waals surface area contributed by atoms with Gasteiger partial charge in [0.15, 0.2) is 11.6 Å². The number of carbonyl (C=O) groups excluding carboxylic acids is 1. The minimum atomic E-state index is -0.751. The molecule has 7 heteroatoms. The summed E-state index contributed by atoms with van der Waals surface area (Å²) < 4.78 is 1.70. The molecule has 0 radical (unpaired) electrons. The summed E-state index contributed by atoms with van der Waals surface area (Å²) in [5, 5.41) is 20.0. The number of aromatic nitrogens is 3. The standard InChI is InChI=1S/C14H17N5O2/c20-11-3-1-6-16-12(11)18-13(21)14(4-8-15-9-5-14)19-10-2-7-17-19/h1-3,6-7,10,15,20H,4-5,8-9H2,(H,16,18,21). The van der Waals surface area contributed by atoms with E-state index in [2.05, 4.69) is 20.7 Å². The van der Waals surface area contributed by atoms with Gasteiger partial charge in [0.25, 0.3) is 5.91 Å². The lowest BCUT2D eigenvalue weighted by Crippen LogP contribution is -2.52. The van der Waals surface area contributed by atoms with Crippen LogP contribution in [0.5, 0.6) is 5.75 Å². The Morgan fingerprint density at radius 3 is 2.81 bits per heavy atom. The van der Waals surface area contributed by atoms with Gasteiger partial charge in [0.1, 0.15) is 5.54 Å². The predicted molar refractivity (Wildman–Crippen MR) is 76.8 cm³/mol. The average Bonchev–Trinajstić information content (AvgIpc) is 3.05. The number of hydrogen-bond donors (Lipinski definition) is 3. The first-order valence-electron chi connectivity index (χ1n) is 6.89. The summed E-state index contributed by atoms with van der Waals surface area (Å²) in [5.74, 6) is -0.0790. The van der Waals surface area contributed by atoms with E-state index in [0.29, 0.717) is 12.8 Å². The van der Waals surface area contributed by atoms with Crippen LogP contribution in [-0.2, 0) is 10.3 Å². The van der Waals surface area contributed by atoms with Crippen LogP contribution >= 0.6 is 0 Å². The zero-order valence-electron chi connectivity index (χ0n) is 11.5. The third kappa shape index (κ3) is 2.47. The first-order chi connectivity index (χ1) is 10.2. The molecule has 7 nitrogen and oxygen atoms in total. The molecule has 2 aromatic heterocycles. The summed E-state index contributed by atoms with van der Waals surface area (Å²) in [4.78, 5) is 16.8. The first-order valence-corrected chi connectivity index (χ1v) is 6.89. The second kappa shape index (κ2) is 5.53. The van der Waals surface area contributed by atoms with Crippen molar-refractivity contribution in [2.75, 3.05) is 18.4 Å². The SMILES string of the molecule is O=C(Nc1ncccc1O)C1(n2cccn2)CCNCC1. The van der Waals surface area contributed by atoms with Gasteiger partial charge in [-0.25, -0.2) is 4.98 Å². The Hall–Kier alpha value is -2.41. The molecule has 0 atom stereocenters. The Balaban J connectivity index is 1.90. The molecule has 1 aliphatic heterocycles. The normalized spacial score (nSPS) is 17.3. The zero-order valence-corrected chi connectivity index (χ0v) is 11.5. The molecule has 1 fully saturated rings. The lowest BCUT2D eigenvalue weighted by molar-refractivity contribution is -0.126. The zero-order chi connectivity index (χ0) is 14.7. The van der Waals surface area contributed by atoms with Crippen LogP contribution in [0.1, 0.15) is 12.8 Å². The van der Waals surface area contributed by atoms with E-state index in [1.54, 1.807) is 29.2 Å². The molecule has 1 amide bonds.